The number of hydrogen-bond donors (Lipinski definition) is 2. The lowest BCUT2D eigenvalue weighted by molar-refractivity contribution is 0.297. The first-order valence-electron chi connectivity index (χ1n) is 10.5. The van der Waals surface area contributed by atoms with Crippen LogP contribution >= 0.6 is 24.0 Å². The van der Waals surface area contributed by atoms with Crippen LogP contribution in [0, 0.1) is 5.92 Å². The number of nitrogens with one attached hydrogen (secondary N) is 1. The molecule has 0 saturated carbocycles. The summed E-state index contributed by atoms with van der Waals surface area (Å²) >= 11 is 0. The number of nitrogens with two attached hydrogens (primary N) is 1. The van der Waals surface area contributed by atoms with Crippen LogP contribution < -0.4 is 25.4 Å². The number of rotatable bonds is 4. The number of fused-ring (bicyclic) bond motifs is 1. The van der Waals surface area contributed by atoms with Gasteiger partial charge in [0, 0.05) is 37.0 Å². The van der Waals surface area contributed by atoms with Crippen LogP contribution in [0.15, 0.2) is 47.5 Å². The molecule has 2 aliphatic rings. The molecule has 2 aliphatic heterocycles. The minimum atomic E-state index is 0. The molecule has 162 valence electrons. The van der Waals surface area contributed by atoms with Crippen LogP contribution in [-0.4, -0.2) is 32.3 Å². The molecule has 30 heavy (non-hydrogen) atoms. The Balaban J connectivity index is 0.00000256. The molecule has 0 aliphatic carbocycles. The van der Waals surface area contributed by atoms with Crippen molar-refractivity contribution in [1.29, 1.82) is 0 Å². The molecule has 2 heterocycles. The number of guanidine groups is 1. The van der Waals surface area contributed by atoms with E-state index in [1.165, 1.54) is 18.5 Å². The lowest BCUT2D eigenvalue weighted by atomic mass is 9.99. The number of benzene rings is 2. The molecule has 4 rings (SSSR count). The Morgan fingerprint density at radius 1 is 1.07 bits per heavy atom. The Labute approximate surface area is 195 Å². The number of ether oxygens (including phenoxy) is 2. The Morgan fingerprint density at radius 2 is 1.77 bits per heavy atom. The van der Waals surface area contributed by atoms with E-state index < -0.39 is 0 Å². The normalized spacial score (nSPS) is 17.1. The summed E-state index contributed by atoms with van der Waals surface area (Å²) in [5, 5.41) is 3.13. The average Bonchev–Trinajstić information content (AvgIpc) is 2.98. The summed E-state index contributed by atoms with van der Waals surface area (Å²) in [6.45, 7) is 6.51. The standard InChI is InChI=1S/C23H30N4O2.HI/c1-17-9-11-27(12-10-17)20-6-3-18(4-7-20)16-25-23(24)26-19-5-8-21-22(15-19)29-14-2-13-28-21;/h3-8,15,17H,2,9-14,16H2,1H3,(H3,24,25,26);1H. The number of anilines is 2. The van der Waals surface area contributed by atoms with Crippen LogP contribution in [0.4, 0.5) is 11.4 Å². The lowest BCUT2D eigenvalue weighted by Crippen LogP contribution is -2.32. The molecule has 0 bridgehead atoms. The van der Waals surface area contributed by atoms with E-state index in [-0.39, 0.29) is 24.0 Å². The van der Waals surface area contributed by atoms with Crippen LogP contribution in [0.1, 0.15) is 31.7 Å². The van der Waals surface area contributed by atoms with Gasteiger partial charge in [-0.25, -0.2) is 4.99 Å². The first-order chi connectivity index (χ1) is 14.2. The number of nitrogens with zero attached hydrogens (tertiary/aromatic N) is 2. The fraction of sp³-hybridized carbons (Fsp3) is 0.435. The van der Waals surface area contributed by atoms with E-state index in [4.69, 9.17) is 15.2 Å². The highest BCUT2D eigenvalue weighted by atomic mass is 127. The van der Waals surface area contributed by atoms with Crippen LogP contribution in [0.3, 0.4) is 0 Å². The highest BCUT2D eigenvalue weighted by molar-refractivity contribution is 14.0. The van der Waals surface area contributed by atoms with Crippen LogP contribution in [0.25, 0.3) is 0 Å². The van der Waals surface area contributed by atoms with Crippen molar-refractivity contribution in [2.24, 2.45) is 16.6 Å². The largest absolute Gasteiger partial charge is 0.490 e. The fourth-order valence-corrected chi connectivity index (χ4v) is 3.68. The Bertz CT molecular complexity index is 849. The van der Waals surface area contributed by atoms with Gasteiger partial charge in [0.2, 0.25) is 0 Å². The predicted molar refractivity (Wildman–Crippen MR) is 133 cm³/mol. The van der Waals surface area contributed by atoms with Crippen molar-refractivity contribution >= 4 is 41.3 Å². The molecular weight excluding hydrogens is 491 g/mol. The smallest absolute Gasteiger partial charge is 0.193 e. The zero-order valence-corrected chi connectivity index (χ0v) is 19.8. The van der Waals surface area contributed by atoms with E-state index in [1.54, 1.807) is 0 Å². The molecule has 1 saturated heterocycles. The minimum absolute atomic E-state index is 0. The Hall–Kier alpha value is -2.16. The van der Waals surface area contributed by atoms with Gasteiger partial charge in [-0.3, -0.25) is 0 Å². The zero-order chi connectivity index (χ0) is 20.1. The molecule has 3 N–H and O–H groups in total. The van der Waals surface area contributed by atoms with Gasteiger partial charge in [-0.05, 0) is 48.6 Å². The highest BCUT2D eigenvalue weighted by Crippen LogP contribution is 2.32. The average molecular weight is 522 g/mol. The third kappa shape index (κ3) is 5.93. The Morgan fingerprint density at radius 3 is 2.50 bits per heavy atom. The molecule has 2 aromatic rings. The molecule has 0 atom stereocenters. The van der Waals surface area contributed by atoms with Crippen LogP contribution in [0.2, 0.25) is 0 Å². The summed E-state index contributed by atoms with van der Waals surface area (Å²) in [5.74, 6) is 2.73. The SMILES string of the molecule is CC1CCN(c2ccc(CN=C(N)Nc3ccc4c(c3)OCCCO4)cc2)CC1.I. The summed E-state index contributed by atoms with van der Waals surface area (Å²) in [4.78, 5) is 6.94. The summed E-state index contributed by atoms with van der Waals surface area (Å²) in [5.41, 5.74) is 9.35. The number of hydrogen-bond acceptors (Lipinski definition) is 4. The van der Waals surface area contributed by atoms with E-state index in [0.29, 0.717) is 25.7 Å². The second kappa shape index (κ2) is 10.7. The van der Waals surface area contributed by atoms with E-state index in [9.17, 15) is 0 Å². The van der Waals surface area contributed by atoms with Crippen molar-refractivity contribution in [3.8, 4) is 11.5 Å². The van der Waals surface area contributed by atoms with Gasteiger partial charge in [-0.1, -0.05) is 19.1 Å². The summed E-state index contributed by atoms with van der Waals surface area (Å²) in [6, 6.07) is 14.4. The van der Waals surface area contributed by atoms with Gasteiger partial charge in [0.25, 0.3) is 0 Å². The second-order valence-corrected chi connectivity index (χ2v) is 7.87. The molecule has 1 fully saturated rings. The maximum Gasteiger partial charge on any atom is 0.193 e. The van der Waals surface area contributed by atoms with Gasteiger partial charge in [-0.2, -0.15) is 0 Å². The van der Waals surface area contributed by atoms with Gasteiger partial charge in [0.1, 0.15) is 0 Å². The van der Waals surface area contributed by atoms with E-state index in [1.807, 2.05) is 18.2 Å². The number of halogens is 1. The van der Waals surface area contributed by atoms with Gasteiger partial charge < -0.3 is 25.4 Å². The van der Waals surface area contributed by atoms with Crippen molar-refractivity contribution in [3.05, 3.63) is 48.0 Å². The topological polar surface area (TPSA) is 72.1 Å². The third-order valence-corrected chi connectivity index (χ3v) is 5.54. The van der Waals surface area contributed by atoms with Crippen molar-refractivity contribution in [1.82, 2.24) is 0 Å². The Kier molecular flexibility index (Phi) is 8.07. The monoisotopic (exact) mass is 522 g/mol. The van der Waals surface area contributed by atoms with E-state index in [0.717, 1.165) is 48.2 Å². The van der Waals surface area contributed by atoms with Crippen molar-refractivity contribution in [2.75, 3.05) is 36.5 Å². The van der Waals surface area contributed by atoms with E-state index >= 15 is 0 Å². The molecule has 0 aromatic heterocycles. The first kappa shape index (κ1) is 22.5. The van der Waals surface area contributed by atoms with Gasteiger partial charge in [0.15, 0.2) is 17.5 Å². The highest BCUT2D eigenvalue weighted by Gasteiger charge is 2.15. The summed E-state index contributed by atoms with van der Waals surface area (Å²) < 4.78 is 11.4. The third-order valence-electron chi connectivity index (χ3n) is 5.54. The molecule has 0 radical (unpaired) electrons. The maximum absolute atomic E-state index is 6.08. The van der Waals surface area contributed by atoms with Crippen molar-refractivity contribution in [3.63, 3.8) is 0 Å². The van der Waals surface area contributed by atoms with Crippen molar-refractivity contribution in [2.45, 2.75) is 32.7 Å². The fourth-order valence-electron chi connectivity index (χ4n) is 3.68. The van der Waals surface area contributed by atoms with Gasteiger partial charge in [0.05, 0.1) is 19.8 Å². The number of aliphatic imine (C=N–C) groups is 1. The number of piperidine rings is 1. The van der Waals surface area contributed by atoms with Crippen molar-refractivity contribution < 1.29 is 9.47 Å². The van der Waals surface area contributed by atoms with E-state index in [2.05, 4.69) is 46.4 Å². The molecule has 0 spiro atoms. The lowest BCUT2D eigenvalue weighted by Gasteiger charge is -2.32. The second-order valence-electron chi connectivity index (χ2n) is 7.87. The van der Waals surface area contributed by atoms with Crippen LogP contribution in [-0.2, 0) is 6.54 Å². The quantitative estimate of drug-likeness (QED) is 0.348. The molecule has 7 heteroatoms. The molecule has 0 unspecified atom stereocenters. The molecule has 2 aromatic carbocycles. The molecule has 6 nitrogen and oxygen atoms in total. The molecule has 0 amide bonds. The zero-order valence-electron chi connectivity index (χ0n) is 17.5. The summed E-state index contributed by atoms with van der Waals surface area (Å²) in [6.07, 6.45) is 3.43. The minimum Gasteiger partial charge on any atom is -0.490 e. The van der Waals surface area contributed by atoms with Gasteiger partial charge in [-0.15, -0.1) is 24.0 Å². The first-order valence-corrected chi connectivity index (χ1v) is 10.5. The van der Waals surface area contributed by atoms with Crippen LogP contribution in [0.5, 0.6) is 11.5 Å². The predicted octanol–water partition coefficient (Wildman–Crippen LogP) is 4.63. The summed E-state index contributed by atoms with van der Waals surface area (Å²) in [7, 11) is 0. The van der Waals surface area contributed by atoms with Gasteiger partial charge >= 0.3 is 0 Å². The maximum atomic E-state index is 6.08. The molecular formula is C23H31IN4O2.